The minimum Gasteiger partial charge on any atom is -0.379 e. The van der Waals surface area contributed by atoms with Gasteiger partial charge in [-0.25, -0.2) is 0 Å². The van der Waals surface area contributed by atoms with Gasteiger partial charge in [-0.05, 0) is 17.0 Å². The van der Waals surface area contributed by atoms with E-state index in [4.69, 9.17) is 4.74 Å². The van der Waals surface area contributed by atoms with Gasteiger partial charge in [0.05, 0.1) is 19.8 Å². The fraction of sp³-hybridized carbons (Fsp3) is 0.600. The average molecular weight is 361 g/mol. The van der Waals surface area contributed by atoms with Crippen LogP contribution in [0.2, 0.25) is 0 Å². The van der Waals surface area contributed by atoms with Crippen LogP contribution in [0.25, 0.3) is 0 Å². The average Bonchev–Trinajstić information content (AvgIpc) is 2.58. The van der Waals surface area contributed by atoms with Gasteiger partial charge in [0.25, 0.3) is 0 Å². The number of nitrogens with zero attached hydrogens (tertiary/aromatic N) is 2. The highest BCUT2D eigenvalue weighted by Gasteiger charge is 2.20. The van der Waals surface area contributed by atoms with Crippen molar-refractivity contribution in [2.75, 3.05) is 51.3 Å². The molecule has 0 spiro atoms. The molecule has 144 valence electrons. The number of hydrogen-bond acceptors (Lipinski definition) is 4. The van der Waals surface area contributed by atoms with Crippen LogP contribution in [-0.2, 0) is 19.7 Å². The third-order valence-corrected chi connectivity index (χ3v) is 4.58. The second-order valence-corrected chi connectivity index (χ2v) is 7.74. The molecule has 1 aliphatic rings. The van der Waals surface area contributed by atoms with Crippen molar-refractivity contribution in [1.29, 1.82) is 0 Å². The Morgan fingerprint density at radius 2 is 1.85 bits per heavy atom. The maximum absolute atomic E-state index is 12.5. The fourth-order valence-electron chi connectivity index (χ4n) is 3.04. The minimum absolute atomic E-state index is 0.0676. The van der Waals surface area contributed by atoms with Crippen molar-refractivity contribution in [3.8, 4) is 0 Å². The zero-order valence-corrected chi connectivity index (χ0v) is 16.4. The van der Waals surface area contributed by atoms with Crippen molar-refractivity contribution in [3.05, 3.63) is 29.8 Å². The summed E-state index contributed by atoms with van der Waals surface area (Å²) in [5.74, 6) is -0.253. The summed E-state index contributed by atoms with van der Waals surface area (Å²) in [6.07, 6.45) is 0. The number of carbonyl (C=O) groups is 2. The molecule has 1 saturated heterocycles. The van der Waals surface area contributed by atoms with Crippen LogP contribution in [0.4, 0.5) is 5.69 Å². The smallest absolute Gasteiger partial charge is 0.244 e. The van der Waals surface area contributed by atoms with Gasteiger partial charge in [-0.1, -0.05) is 39.0 Å². The summed E-state index contributed by atoms with van der Waals surface area (Å²) in [6.45, 7) is 12.4. The van der Waals surface area contributed by atoms with Crippen molar-refractivity contribution < 1.29 is 14.3 Å². The van der Waals surface area contributed by atoms with E-state index in [1.54, 1.807) is 4.90 Å². The standard InChI is InChI=1S/C20H31N3O3/c1-16(24)23(10-9-22-11-13-26-14-12-22)15-19(25)21-18-8-6-5-7-17(18)20(2,3)4/h5-8H,9-15H2,1-4H3,(H,21,25). The highest BCUT2D eigenvalue weighted by atomic mass is 16.5. The van der Waals surface area contributed by atoms with Crippen LogP contribution in [0, 0.1) is 0 Å². The lowest BCUT2D eigenvalue weighted by atomic mass is 9.86. The zero-order valence-electron chi connectivity index (χ0n) is 16.4. The summed E-state index contributed by atoms with van der Waals surface area (Å²) in [4.78, 5) is 28.3. The number of anilines is 1. The number of morpholine rings is 1. The number of benzene rings is 1. The Morgan fingerprint density at radius 3 is 2.46 bits per heavy atom. The van der Waals surface area contributed by atoms with Crippen LogP contribution >= 0.6 is 0 Å². The molecular formula is C20H31N3O3. The van der Waals surface area contributed by atoms with E-state index in [1.165, 1.54) is 6.92 Å². The van der Waals surface area contributed by atoms with Crippen LogP contribution in [-0.4, -0.2) is 67.6 Å². The molecule has 0 bridgehead atoms. The maximum Gasteiger partial charge on any atom is 0.244 e. The first-order valence-corrected chi connectivity index (χ1v) is 9.22. The lowest BCUT2D eigenvalue weighted by Gasteiger charge is -2.29. The molecule has 1 aliphatic heterocycles. The van der Waals surface area contributed by atoms with Gasteiger partial charge in [-0.2, -0.15) is 0 Å². The number of nitrogens with one attached hydrogen (secondary N) is 1. The van der Waals surface area contributed by atoms with Crippen molar-refractivity contribution in [1.82, 2.24) is 9.80 Å². The normalized spacial score (nSPS) is 15.5. The number of hydrogen-bond donors (Lipinski definition) is 1. The summed E-state index contributed by atoms with van der Waals surface area (Å²) >= 11 is 0. The van der Waals surface area contributed by atoms with Gasteiger partial charge in [0.2, 0.25) is 11.8 Å². The number of ether oxygens (including phenoxy) is 1. The number of rotatable bonds is 6. The Balaban J connectivity index is 1.94. The van der Waals surface area contributed by atoms with Crippen molar-refractivity contribution >= 4 is 17.5 Å². The molecule has 0 radical (unpaired) electrons. The second-order valence-electron chi connectivity index (χ2n) is 7.74. The Hall–Kier alpha value is -1.92. The Kier molecular flexibility index (Phi) is 7.17. The summed E-state index contributed by atoms with van der Waals surface area (Å²) in [5.41, 5.74) is 1.82. The molecule has 1 N–H and O–H groups in total. The molecule has 1 aromatic carbocycles. The van der Waals surface area contributed by atoms with Gasteiger partial charge >= 0.3 is 0 Å². The molecule has 0 aromatic heterocycles. The topological polar surface area (TPSA) is 61.9 Å². The van der Waals surface area contributed by atoms with Crippen LogP contribution in [0.5, 0.6) is 0 Å². The molecule has 0 atom stereocenters. The lowest BCUT2D eigenvalue weighted by molar-refractivity contribution is -0.133. The van der Waals surface area contributed by atoms with E-state index >= 15 is 0 Å². The Labute approximate surface area is 156 Å². The molecular weight excluding hydrogens is 330 g/mol. The molecule has 1 fully saturated rings. The maximum atomic E-state index is 12.5. The predicted octanol–water partition coefficient (Wildman–Crippen LogP) is 2.10. The number of amides is 2. The lowest BCUT2D eigenvalue weighted by Crippen LogP contribution is -2.44. The van der Waals surface area contributed by atoms with Crippen molar-refractivity contribution in [2.24, 2.45) is 0 Å². The highest BCUT2D eigenvalue weighted by Crippen LogP contribution is 2.29. The van der Waals surface area contributed by atoms with Gasteiger partial charge in [0.1, 0.15) is 0 Å². The zero-order chi connectivity index (χ0) is 19.2. The Bertz CT molecular complexity index is 619. The summed E-state index contributed by atoms with van der Waals surface area (Å²) in [5, 5.41) is 2.97. The molecule has 2 rings (SSSR count). The monoisotopic (exact) mass is 361 g/mol. The number of carbonyl (C=O) groups excluding carboxylic acids is 2. The van der Waals surface area contributed by atoms with Gasteiger partial charge in [-0.15, -0.1) is 0 Å². The minimum atomic E-state index is -0.168. The van der Waals surface area contributed by atoms with E-state index in [-0.39, 0.29) is 23.8 Å². The van der Waals surface area contributed by atoms with E-state index in [1.807, 2.05) is 24.3 Å². The first kappa shape index (κ1) is 20.4. The van der Waals surface area contributed by atoms with E-state index in [2.05, 4.69) is 31.0 Å². The number of para-hydroxylation sites is 1. The van der Waals surface area contributed by atoms with Crippen LogP contribution in [0.3, 0.4) is 0 Å². The van der Waals surface area contributed by atoms with Crippen molar-refractivity contribution in [3.63, 3.8) is 0 Å². The van der Waals surface area contributed by atoms with Crippen LogP contribution in [0.15, 0.2) is 24.3 Å². The van der Waals surface area contributed by atoms with E-state index in [9.17, 15) is 9.59 Å². The molecule has 6 nitrogen and oxygen atoms in total. The van der Waals surface area contributed by atoms with Crippen molar-refractivity contribution in [2.45, 2.75) is 33.1 Å². The fourth-order valence-corrected chi connectivity index (χ4v) is 3.04. The molecule has 6 heteroatoms. The van der Waals surface area contributed by atoms with E-state index in [0.717, 1.165) is 44.1 Å². The summed E-state index contributed by atoms with van der Waals surface area (Å²) in [6, 6.07) is 7.81. The third-order valence-electron chi connectivity index (χ3n) is 4.58. The Morgan fingerprint density at radius 1 is 1.19 bits per heavy atom. The van der Waals surface area contributed by atoms with Gasteiger partial charge < -0.3 is 15.0 Å². The quantitative estimate of drug-likeness (QED) is 0.843. The van der Waals surface area contributed by atoms with Gasteiger partial charge in [0, 0.05) is 38.8 Å². The molecule has 1 aromatic rings. The van der Waals surface area contributed by atoms with Crippen LogP contribution < -0.4 is 5.32 Å². The van der Waals surface area contributed by atoms with Gasteiger partial charge in [0.15, 0.2) is 0 Å². The SMILES string of the molecule is CC(=O)N(CCN1CCOCC1)CC(=O)Nc1ccccc1C(C)(C)C. The highest BCUT2D eigenvalue weighted by molar-refractivity contribution is 5.95. The summed E-state index contributed by atoms with van der Waals surface area (Å²) < 4.78 is 5.34. The molecule has 0 saturated carbocycles. The molecule has 1 heterocycles. The summed E-state index contributed by atoms with van der Waals surface area (Å²) in [7, 11) is 0. The predicted molar refractivity (Wildman–Crippen MR) is 103 cm³/mol. The molecule has 26 heavy (non-hydrogen) atoms. The van der Waals surface area contributed by atoms with Gasteiger partial charge in [-0.3, -0.25) is 14.5 Å². The van der Waals surface area contributed by atoms with E-state index in [0.29, 0.717) is 6.54 Å². The second kappa shape index (κ2) is 9.14. The molecule has 2 amide bonds. The third kappa shape index (κ3) is 6.11. The van der Waals surface area contributed by atoms with Crippen LogP contribution in [0.1, 0.15) is 33.3 Å². The first-order chi connectivity index (χ1) is 12.3. The molecule has 0 aliphatic carbocycles. The molecule has 0 unspecified atom stereocenters. The largest absolute Gasteiger partial charge is 0.379 e. The van der Waals surface area contributed by atoms with E-state index < -0.39 is 0 Å². The first-order valence-electron chi connectivity index (χ1n) is 9.22.